The molecule has 0 aliphatic carbocycles. The Balaban J connectivity index is 1.37. The summed E-state index contributed by atoms with van der Waals surface area (Å²) in [6, 6.07) is 6.90. The molecule has 3 amide bonds. The van der Waals surface area contributed by atoms with Crippen molar-refractivity contribution in [1.82, 2.24) is 19.8 Å². The quantitative estimate of drug-likeness (QED) is 0.286. The second-order valence-corrected chi connectivity index (χ2v) is 9.98. The Morgan fingerprint density at radius 2 is 1.95 bits per heavy atom. The molecular formula is C28H31ClF2N6O5. The van der Waals surface area contributed by atoms with Gasteiger partial charge in [0.25, 0.3) is 11.8 Å². The lowest BCUT2D eigenvalue weighted by molar-refractivity contribution is -0.122. The number of rotatable bonds is 11. The van der Waals surface area contributed by atoms with Crippen LogP contribution in [0.15, 0.2) is 36.5 Å². The minimum absolute atomic E-state index is 0.0620. The van der Waals surface area contributed by atoms with Gasteiger partial charge in [0.1, 0.15) is 0 Å². The standard InChI is InChI=1S/C28H31ClF2N6O5/c1-36-21(19-5-6-22(41-2)25(31)24(19)30)14-33-26(36)27(39)35-16-3-4-18(20(29)13-16)28(40)37-10-7-17(15-37)34-23(38)8-11-42-12-9-32/h3-6,13-14,17H,7-12,15,32H2,1-2H3,(H,34,38)(H,35,39). The van der Waals surface area contributed by atoms with E-state index < -0.39 is 17.5 Å². The topological polar surface area (TPSA) is 141 Å². The lowest BCUT2D eigenvalue weighted by Crippen LogP contribution is -2.38. The van der Waals surface area contributed by atoms with Crippen molar-refractivity contribution in [2.75, 3.05) is 45.3 Å². The number of carbonyl (C=O) groups excluding carboxylic acids is 3. The molecule has 2 aromatic carbocycles. The van der Waals surface area contributed by atoms with Crippen molar-refractivity contribution >= 4 is 35.0 Å². The fourth-order valence-electron chi connectivity index (χ4n) is 4.59. The molecule has 3 aromatic rings. The van der Waals surface area contributed by atoms with E-state index in [0.717, 1.165) is 0 Å². The fraction of sp³-hybridized carbons (Fsp3) is 0.357. The molecule has 14 heteroatoms. The number of likely N-dealkylation sites (tertiary alicyclic amines) is 1. The Morgan fingerprint density at radius 1 is 1.17 bits per heavy atom. The third kappa shape index (κ3) is 6.86. The zero-order valence-corrected chi connectivity index (χ0v) is 23.8. The van der Waals surface area contributed by atoms with Crippen LogP contribution in [0.5, 0.6) is 5.75 Å². The van der Waals surface area contributed by atoms with Crippen LogP contribution in [0, 0.1) is 11.6 Å². The average Bonchev–Trinajstić information content (AvgIpc) is 3.59. The van der Waals surface area contributed by atoms with Gasteiger partial charge in [-0.05, 0) is 36.8 Å². The highest BCUT2D eigenvalue weighted by molar-refractivity contribution is 6.34. The number of nitrogens with one attached hydrogen (secondary N) is 2. The van der Waals surface area contributed by atoms with E-state index in [1.165, 1.54) is 55.3 Å². The molecule has 0 saturated carbocycles. The predicted octanol–water partition coefficient (Wildman–Crippen LogP) is 2.98. The first-order valence-corrected chi connectivity index (χ1v) is 13.5. The third-order valence-electron chi connectivity index (χ3n) is 6.77. The molecule has 224 valence electrons. The number of aromatic nitrogens is 2. The molecule has 4 N–H and O–H groups in total. The summed E-state index contributed by atoms with van der Waals surface area (Å²) < 4.78 is 40.2. The van der Waals surface area contributed by atoms with Gasteiger partial charge in [-0.15, -0.1) is 0 Å². The monoisotopic (exact) mass is 604 g/mol. The van der Waals surface area contributed by atoms with Crippen molar-refractivity contribution in [2.45, 2.75) is 18.9 Å². The minimum atomic E-state index is -1.15. The summed E-state index contributed by atoms with van der Waals surface area (Å²) in [5, 5.41) is 5.68. The summed E-state index contributed by atoms with van der Waals surface area (Å²) in [7, 11) is 2.72. The van der Waals surface area contributed by atoms with Gasteiger partial charge in [0.15, 0.2) is 17.4 Å². The Kier molecular flexibility index (Phi) is 10.1. The number of ether oxygens (including phenoxy) is 2. The predicted molar refractivity (Wildman–Crippen MR) is 151 cm³/mol. The lowest BCUT2D eigenvalue weighted by atomic mass is 10.1. The van der Waals surface area contributed by atoms with E-state index in [-0.39, 0.29) is 64.3 Å². The van der Waals surface area contributed by atoms with Gasteiger partial charge in [-0.1, -0.05) is 11.6 Å². The van der Waals surface area contributed by atoms with E-state index in [2.05, 4.69) is 15.6 Å². The number of benzene rings is 2. The van der Waals surface area contributed by atoms with Gasteiger partial charge in [0, 0.05) is 50.4 Å². The molecule has 4 rings (SSSR count). The van der Waals surface area contributed by atoms with Crippen LogP contribution in [-0.2, 0) is 16.6 Å². The number of carbonyl (C=O) groups is 3. The molecule has 1 aliphatic rings. The van der Waals surface area contributed by atoms with Gasteiger partial charge >= 0.3 is 0 Å². The van der Waals surface area contributed by atoms with Gasteiger partial charge in [0.2, 0.25) is 11.7 Å². The van der Waals surface area contributed by atoms with Crippen LogP contribution in [0.2, 0.25) is 5.02 Å². The van der Waals surface area contributed by atoms with Crippen molar-refractivity contribution in [1.29, 1.82) is 0 Å². The molecule has 1 unspecified atom stereocenters. The van der Waals surface area contributed by atoms with Gasteiger partial charge in [-0.2, -0.15) is 4.39 Å². The molecule has 1 saturated heterocycles. The molecule has 1 aromatic heterocycles. The number of hydrogen-bond acceptors (Lipinski definition) is 7. The Bertz CT molecular complexity index is 1480. The highest BCUT2D eigenvalue weighted by Gasteiger charge is 2.29. The summed E-state index contributed by atoms with van der Waals surface area (Å²) in [4.78, 5) is 43.8. The van der Waals surface area contributed by atoms with Crippen molar-refractivity contribution in [2.24, 2.45) is 12.8 Å². The van der Waals surface area contributed by atoms with Crippen LogP contribution in [0.4, 0.5) is 14.5 Å². The number of methoxy groups -OCH3 is 1. The Morgan fingerprint density at radius 3 is 2.67 bits per heavy atom. The number of halogens is 3. The third-order valence-corrected chi connectivity index (χ3v) is 7.08. The highest BCUT2D eigenvalue weighted by Crippen LogP contribution is 2.30. The molecule has 1 atom stereocenters. The zero-order valence-electron chi connectivity index (χ0n) is 23.1. The Labute approximate surface area is 245 Å². The first kappa shape index (κ1) is 30.9. The van der Waals surface area contributed by atoms with Crippen LogP contribution < -0.4 is 21.1 Å². The van der Waals surface area contributed by atoms with Crippen LogP contribution >= 0.6 is 11.6 Å². The maximum absolute atomic E-state index is 14.6. The summed E-state index contributed by atoms with van der Waals surface area (Å²) in [6.07, 6.45) is 2.07. The normalized spacial score (nSPS) is 14.6. The van der Waals surface area contributed by atoms with E-state index in [9.17, 15) is 23.2 Å². The zero-order chi connectivity index (χ0) is 30.4. The van der Waals surface area contributed by atoms with Crippen LogP contribution in [0.25, 0.3) is 11.3 Å². The summed E-state index contributed by atoms with van der Waals surface area (Å²) in [5.74, 6) is -3.67. The first-order valence-electron chi connectivity index (χ1n) is 13.2. The average molecular weight is 605 g/mol. The van der Waals surface area contributed by atoms with E-state index in [1.54, 1.807) is 4.90 Å². The largest absolute Gasteiger partial charge is 0.494 e. The second-order valence-electron chi connectivity index (χ2n) is 9.57. The Hall–Kier alpha value is -4.07. The number of hydrogen-bond donors (Lipinski definition) is 3. The van der Waals surface area contributed by atoms with Crippen molar-refractivity contribution in [3.05, 3.63) is 64.6 Å². The maximum Gasteiger partial charge on any atom is 0.291 e. The summed E-state index contributed by atoms with van der Waals surface area (Å²) in [6.45, 7) is 1.84. The number of anilines is 1. The second kappa shape index (κ2) is 13.7. The molecule has 2 heterocycles. The van der Waals surface area contributed by atoms with E-state index in [4.69, 9.17) is 26.8 Å². The number of nitrogens with zero attached hydrogens (tertiary/aromatic N) is 3. The fourth-order valence-corrected chi connectivity index (χ4v) is 4.86. The van der Waals surface area contributed by atoms with E-state index in [0.29, 0.717) is 38.3 Å². The number of nitrogens with two attached hydrogens (primary N) is 1. The van der Waals surface area contributed by atoms with Crippen LogP contribution in [-0.4, -0.2) is 78.2 Å². The number of imidazole rings is 1. The van der Waals surface area contributed by atoms with Crippen molar-refractivity contribution in [3.63, 3.8) is 0 Å². The van der Waals surface area contributed by atoms with Gasteiger partial charge < -0.3 is 35.3 Å². The summed E-state index contributed by atoms with van der Waals surface area (Å²) in [5.41, 5.74) is 5.99. The van der Waals surface area contributed by atoms with E-state index in [1.807, 2.05) is 0 Å². The van der Waals surface area contributed by atoms with Crippen LogP contribution in [0.1, 0.15) is 33.8 Å². The van der Waals surface area contributed by atoms with Crippen molar-refractivity contribution < 1.29 is 32.6 Å². The molecule has 1 fully saturated rings. The van der Waals surface area contributed by atoms with Crippen molar-refractivity contribution in [3.8, 4) is 17.0 Å². The van der Waals surface area contributed by atoms with Gasteiger partial charge in [-0.25, -0.2) is 9.37 Å². The lowest BCUT2D eigenvalue weighted by Gasteiger charge is -2.18. The number of amides is 3. The van der Waals surface area contributed by atoms with Crippen LogP contribution in [0.3, 0.4) is 0 Å². The highest BCUT2D eigenvalue weighted by atomic mass is 35.5. The molecule has 11 nitrogen and oxygen atoms in total. The maximum atomic E-state index is 14.6. The van der Waals surface area contributed by atoms with Gasteiger partial charge in [-0.3, -0.25) is 14.4 Å². The molecule has 0 spiro atoms. The minimum Gasteiger partial charge on any atom is -0.494 e. The first-order chi connectivity index (χ1) is 20.1. The molecule has 0 bridgehead atoms. The SMILES string of the molecule is COc1ccc(-c2cnc(C(=O)Nc3ccc(C(=O)N4CCC(NC(=O)CCOCCN)C4)c(Cl)c3)n2C)c(F)c1F. The summed E-state index contributed by atoms with van der Waals surface area (Å²) >= 11 is 6.41. The van der Waals surface area contributed by atoms with Gasteiger partial charge in [0.05, 0.1) is 42.8 Å². The molecule has 0 radical (unpaired) electrons. The smallest absolute Gasteiger partial charge is 0.291 e. The van der Waals surface area contributed by atoms with E-state index >= 15 is 0 Å². The molecular weight excluding hydrogens is 574 g/mol. The molecule has 1 aliphatic heterocycles. The molecule has 42 heavy (non-hydrogen) atoms.